The lowest BCUT2D eigenvalue weighted by molar-refractivity contribution is -0.112. The summed E-state index contributed by atoms with van der Waals surface area (Å²) in [4.78, 5) is 23.8. The predicted molar refractivity (Wildman–Crippen MR) is 85.2 cm³/mol. The number of benzene rings is 2. The summed E-state index contributed by atoms with van der Waals surface area (Å²) >= 11 is 7.79. The molecule has 1 aliphatic rings. The predicted octanol–water partition coefficient (Wildman–Crippen LogP) is 4.08. The standard InChI is InChI=1S/C16H12ClNO2S/c1-9-3-2-4-10(5-9)8-21-14-7-13-11(6-12(14)17)15(19)16(20)18-13/h2-7H,8H2,1H3,(H,18,19,20). The van der Waals surface area contributed by atoms with Crippen LogP contribution in [0.1, 0.15) is 21.5 Å². The molecule has 0 spiro atoms. The largest absolute Gasteiger partial charge is 0.318 e. The molecule has 0 radical (unpaired) electrons. The first-order valence-corrected chi connectivity index (χ1v) is 7.78. The molecule has 3 rings (SSSR count). The third-order valence-corrected chi connectivity index (χ3v) is 4.80. The van der Waals surface area contributed by atoms with Gasteiger partial charge in [-0.3, -0.25) is 9.59 Å². The molecule has 0 atom stereocenters. The molecule has 0 bridgehead atoms. The second kappa shape index (κ2) is 5.54. The number of anilines is 1. The van der Waals surface area contributed by atoms with Crippen molar-refractivity contribution >= 4 is 40.7 Å². The Labute approximate surface area is 131 Å². The van der Waals surface area contributed by atoms with Crippen LogP contribution < -0.4 is 5.32 Å². The second-order valence-corrected chi connectivity index (χ2v) is 6.31. The minimum absolute atomic E-state index is 0.352. The summed E-state index contributed by atoms with van der Waals surface area (Å²) in [5.41, 5.74) is 3.31. The van der Waals surface area contributed by atoms with Crippen molar-refractivity contribution in [2.75, 3.05) is 5.32 Å². The van der Waals surface area contributed by atoms with Crippen LogP contribution in [0.25, 0.3) is 0 Å². The smallest absolute Gasteiger partial charge is 0.296 e. The fraction of sp³-hybridized carbons (Fsp3) is 0.125. The van der Waals surface area contributed by atoms with Gasteiger partial charge < -0.3 is 5.32 Å². The van der Waals surface area contributed by atoms with E-state index in [0.717, 1.165) is 10.6 Å². The minimum Gasteiger partial charge on any atom is -0.318 e. The molecule has 106 valence electrons. The van der Waals surface area contributed by atoms with Gasteiger partial charge in [0.15, 0.2) is 0 Å². The molecule has 1 heterocycles. The van der Waals surface area contributed by atoms with E-state index >= 15 is 0 Å². The van der Waals surface area contributed by atoms with E-state index in [9.17, 15) is 9.59 Å². The number of nitrogens with one attached hydrogen (secondary N) is 1. The first-order chi connectivity index (χ1) is 10.0. The van der Waals surface area contributed by atoms with Gasteiger partial charge in [0.05, 0.1) is 16.3 Å². The zero-order chi connectivity index (χ0) is 15.0. The molecule has 1 amide bonds. The van der Waals surface area contributed by atoms with E-state index < -0.39 is 11.7 Å². The van der Waals surface area contributed by atoms with Crippen LogP contribution in [-0.2, 0) is 10.5 Å². The Bertz CT molecular complexity index is 758. The molecule has 0 aromatic heterocycles. The average Bonchev–Trinajstić information content (AvgIpc) is 2.72. The fourth-order valence-corrected chi connectivity index (χ4v) is 3.45. The van der Waals surface area contributed by atoms with E-state index in [-0.39, 0.29) is 0 Å². The zero-order valence-electron chi connectivity index (χ0n) is 11.3. The molecule has 3 nitrogen and oxygen atoms in total. The van der Waals surface area contributed by atoms with Crippen molar-refractivity contribution in [3.63, 3.8) is 0 Å². The van der Waals surface area contributed by atoms with E-state index in [1.54, 1.807) is 23.9 Å². The third kappa shape index (κ3) is 2.82. The molecule has 2 aromatic rings. The maximum Gasteiger partial charge on any atom is 0.296 e. The Morgan fingerprint density at radius 2 is 2.00 bits per heavy atom. The van der Waals surface area contributed by atoms with Gasteiger partial charge in [-0.2, -0.15) is 0 Å². The van der Waals surface area contributed by atoms with Gasteiger partial charge in [-0.1, -0.05) is 41.4 Å². The van der Waals surface area contributed by atoms with Crippen LogP contribution in [0.2, 0.25) is 5.02 Å². The van der Waals surface area contributed by atoms with Gasteiger partial charge >= 0.3 is 0 Å². The van der Waals surface area contributed by atoms with Crippen molar-refractivity contribution in [3.05, 3.63) is 58.1 Å². The number of hydrogen-bond acceptors (Lipinski definition) is 3. The highest BCUT2D eigenvalue weighted by Crippen LogP contribution is 2.36. The van der Waals surface area contributed by atoms with Gasteiger partial charge in [-0.15, -0.1) is 11.8 Å². The number of thioether (sulfide) groups is 1. The highest BCUT2D eigenvalue weighted by Gasteiger charge is 2.29. The Hall–Kier alpha value is -1.78. The number of fused-ring (bicyclic) bond motifs is 1. The van der Waals surface area contributed by atoms with Gasteiger partial charge in [0.1, 0.15) is 0 Å². The number of amides is 1. The lowest BCUT2D eigenvalue weighted by Gasteiger charge is -2.07. The molecule has 1 aliphatic heterocycles. The van der Waals surface area contributed by atoms with E-state index in [2.05, 4.69) is 30.4 Å². The van der Waals surface area contributed by atoms with Crippen LogP contribution in [0, 0.1) is 6.92 Å². The molecule has 0 unspecified atom stereocenters. The van der Waals surface area contributed by atoms with Crippen molar-refractivity contribution in [3.8, 4) is 0 Å². The van der Waals surface area contributed by atoms with Gasteiger partial charge in [0, 0.05) is 10.6 Å². The average molecular weight is 318 g/mol. The summed E-state index contributed by atoms with van der Waals surface area (Å²) in [7, 11) is 0. The van der Waals surface area contributed by atoms with Gasteiger partial charge in [0.2, 0.25) is 0 Å². The number of hydrogen-bond donors (Lipinski definition) is 1. The molecule has 21 heavy (non-hydrogen) atoms. The second-order valence-electron chi connectivity index (χ2n) is 4.89. The number of halogens is 1. The topological polar surface area (TPSA) is 46.2 Å². The maximum absolute atomic E-state index is 11.6. The summed E-state index contributed by atoms with van der Waals surface area (Å²) in [6.07, 6.45) is 0. The molecular formula is C16H12ClNO2S. The fourth-order valence-electron chi connectivity index (χ4n) is 2.22. The molecule has 0 aliphatic carbocycles. The first kappa shape index (κ1) is 14.2. The normalized spacial score (nSPS) is 13.2. The highest BCUT2D eigenvalue weighted by atomic mass is 35.5. The van der Waals surface area contributed by atoms with Crippen molar-refractivity contribution < 1.29 is 9.59 Å². The molecule has 1 N–H and O–H groups in total. The van der Waals surface area contributed by atoms with Gasteiger partial charge in [-0.05, 0) is 24.6 Å². The van der Waals surface area contributed by atoms with Crippen LogP contribution >= 0.6 is 23.4 Å². The summed E-state index contributed by atoms with van der Waals surface area (Å²) in [5, 5.41) is 3.06. The number of ketones is 1. The SMILES string of the molecule is Cc1cccc(CSc2cc3c(cc2Cl)C(=O)C(=O)N3)c1. The van der Waals surface area contributed by atoms with E-state index in [1.165, 1.54) is 11.1 Å². The number of aryl methyl sites for hydroxylation is 1. The van der Waals surface area contributed by atoms with Crippen LogP contribution in [0.4, 0.5) is 5.69 Å². The first-order valence-electron chi connectivity index (χ1n) is 6.42. The molecule has 0 saturated carbocycles. The Morgan fingerprint density at radius 3 is 2.76 bits per heavy atom. The van der Waals surface area contributed by atoms with Gasteiger partial charge in [0.25, 0.3) is 11.7 Å². The Balaban J connectivity index is 1.83. The van der Waals surface area contributed by atoms with Crippen LogP contribution in [0.5, 0.6) is 0 Å². The highest BCUT2D eigenvalue weighted by molar-refractivity contribution is 7.98. The lowest BCUT2D eigenvalue weighted by Crippen LogP contribution is -2.12. The van der Waals surface area contributed by atoms with Gasteiger partial charge in [-0.25, -0.2) is 0 Å². The summed E-state index contributed by atoms with van der Waals surface area (Å²) in [5.74, 6) is -0.341. The zero-order valence-corrected chi connectivity index (χ0v) is 12.8. The van der Waals surface area contributed by atoms with Crippen LogP contribution in [0.3, 0.4) is 0 Å². The molecule has 2 aromatic carbocycles. The van der Waals surface area contributed by atoms with E-state index in [0.29, 0.717) is 16.3 Å². The van der Waals surface area contributed by atoms with Crippen molar-refractivity contribution in [2.24, 2.45) is 0 Å². The lowest BCUT2D eigenvalue weighted by atomic mass is 10.1. The molecule has 5 heteroatoms. The number of Topliss-reactive ketones (excluding diaryl/α,β-unsaturated/α-hetero) is 1. The number of carbonyl (C=O) groups is 2. The quantitative estimate of drug-likeness (QED) is 0.685. The summed E-state index contributed by atoms with van der Waals surface area (Å²) < 4.78 is 0. The monoisotopic (exact) mass is 317 g/mol. The van der Waals surface area contributed by atoms with Crippen molar-refractivity contribution in [1.29, 1.82) is 0 Å². The number of rotatable bonds is 3. The Kier molecular flexibility index (Phi) is 3.74. The van der Waals surface area contributed by atoms with Crippen LogP contribution in [0.15, 0.2) is 41.3 Å². The summed E-state index contributed by atoms with van der Waals surface area (Å²) in [6.45, 7) is 2.05. The van der Waals surface area contributed by atoms with Crippen molar-refractivity contribution in [2.45, 2.75) is 17.6 Å². The maximum atomic E-state index is 11.6. The van der Waals surface area contributed by atoms with E-state index in [4.69, 9.17) is 11.6 Å². The summed E-state index contributed by atoms with van der Waals surface area (Å²) in [6, 6.07) is 11.6. The minimum atomic E-state index is -0.595. The molecule has 0 saturated heterocycles. The van der Waals surface area contributed by atoms with Crippen molar-refractivity contribution in [1.82, 2.24) is 0 Å². The van der Waals surface area contributed by atoms with Crippen LogP contribution in [-0.4, -0.2) is 11.7 Å². The van der Waals surface area contributed by atoms with E-state index in [1.807, 2.05) is 6.07 Å². The molecular weight excluding hydrogens is 306 g/mol. The number of carbonyl (C=O) groups excluding carboxylic acids is 2. The third-order valence-electron chi connectivity index (χ3n) is 3.25. The Morgan fingerprint density at radius 1 is 1.19 bits per heavy atom. The molecule has 0 fully saturated rings.